The van der Waals surface area contributed by atoms with Gasteiger partial charge in [0.2, 0.25) is 0 Å². The predicted molar refractivity (Wildman–Crippen MR) is 146 cm³/mol. The van der Waals surface area contributed by atoms with Crippen LogP contribution in [0.15, 0.2) is 29.4 Å². The van der Waals surface area contributed by atoms with Crippen molar-refractivity contribution in [1.82, 2.24) is 4.90 Å². The fourth-order valence-corrected chi connectivity index (χ4v) is 5.23. The van der Waals surface area contributed by atoms with Crippen LogP contribution in [0.25, 0.3) is 5.57 Å². The molecule has 35 heavy (non-hydrogen) atoms. The van der Waals surface area contributed by atoms with Gasteiger partial charge < -0.3 is 9.95 Å². The maximum atomic E-state index is 15.4. The predicted octanol–water partition coefficient (Wildman–Crippen LogP) is 7.40. The van der Waals surface area contributed by atoms with Gasteiger partial charge in [-0.15, -0.1) is 0 Å². The van der Waals surface area contributed by atoms with Gasteiger partial charge in [0.15, 0.2) is 0 Å². The molecule has 0 saturated heterocycles. The lowest BCUT2D eigenvalue weighted by Crippen LogP contribution is -2.45. The molecule has 192 valence electrons. The van der Waals surface area contributed by atoms with Gasteiger partial charge in [0.05, 0.1) is 0 Å². The lowest BCUT2D eigenvalue weighted by molar-refractivity contribution is 0.0386. The van der Waals surface area contributed by atoms with E-state index in [9.17, 15) is 0 Å². The van der Waals surface area contributed by atoms with Crippen LogP contribution < -0.4 is 0 Å². The Morgan fingerprint density at radius 3 is 2.06 bits per heavy atom. The first kappa shape index (κ1) is 26.9. The molecular weight excluding hydrogens is 439 g/mol. The SMILES string of the molecule is [2H]Oc1cc(C)c(/C(C)=C/C(=N/OCC(C)N(C(C)C)C(C)C)c2c(F)cc(C)c(C)c2C)c(C)c1. The third-order valence-electron chi connectivity index (χ3n) is 6.80. The fraction of sp³-hybridized carbons (Fsp3) is 0.500. The number of hydrogen-bond acceptors (Lipinski definition) is 4. The molecule has 1 atom stereocenters. The Labute approximate surface area is 213 Å². The molecular formula is C30H43FN2O2. The van der Waals surface area contributed by atoms with Crippen LogP contribution >= 0.6 is 0 Å². The number of rotatable bonds is 10. The molecule has 0 fully saturated rings. The van der Waals surface area contributed by atoms with Crippen molar-refractivity contribution in [2.75, 3.05) is 6.61 Å². The maximum absolute atomic E-state index is 15.4. The molecule has 0 bridgehead atoms. The highest BCUT2D eigenvalue weighted by Gasteiger charge is 2.21. The molecule has 0 aliphatic carbocycles. The summed E-state index contributed by atoms with van der Waals surface area (Å²) in [4.78, 5) is 8.27. The van der Waals surface area contributed by atoms with E-state index in [-0.39, 0.29) is 11.9 Å². The van der Waals surface area contributed by atoms with Crippen molar-refractivity contribution in [1.29, 1.82) is 1.43 Å². The van der Waals surface area contributed by atoms with Crippen LogP contribution in [0.5, 0.6) is 5.75 Å². The van der Waals surface area contributed by atoms with Gasteiger partial charge in [0, 0.05) is 23.7 Å². The van der Waals surface area contributed by atoms with E-state index in [1.807, 2.05) is 59.8 Å². The number of phenols is 1. The third kappa shape index (κ3) is 6.72. The lowest BCUT2D eigenvalue weighted by Gasteiger charge is -2.35. The Kier molecular flexibility index (Phi) is 9.12. The first-order valence-corrected chi connectivity index (χ1v) is 12.5. The van der Waals surface area contributed by atoms with Gasteiger partial charge in [-0.3, -0.25) is 4.90 Å². The summed E-state index contributed by atoms with van der Waals surface area (Å²) in [5.74, 6) is 0.177. The highest BCUT2D eigenvalue weighted by atomic mass is 19.1. The highest BCUT2D eigenvalue weighted by Crippen LogP contribution is 2.29. The zero-order chi connectivity index (χ0) is 27.3. The number of aromatic hydroxyl groups is 1. The fourth-order valence-electron chi connectivity index (χ4n) is 5.23. The standard InChI is InChI=1S/C30H43FN2O2/c1-17(2)33(18(3)4)23(9)16-35-32-28(30-25(11)24(10)19(5)14-27(30)31)15-22(8)29-20(6)12-26(34)13-21(29)7/h12-15,17-18,23,34H,16H2,1-11H3/b22-15+,32-28-/i/hD. The molecule has 0 heterocycles. The average Bonchev–Trinajstić information content (AvgIpc) is 2.76. The van der Waals surface area contributed by atoms with Gasteiger partial charge in [0.25, 0.3) is 1.43 Å². The summed E-state index contributed by atoms with van der Waals surface area (Å²) < 4.78 is 22.6. The number of benzene rings is 2. The number of nitrogens with zero attached hydrogens (tertiary/aromatic N) is 2. The number of halogens is 1. The van der Waals surface area contributed by atoms with E-state index in [4.69, 9.17) is 6.27 Å². The van der Waals surface area contributed by atoms with E-state index in [1.165, 1.54) is 0 Å². The average molecular weight is 484 g/mol. The first-order valence-electron chi connectivity index (χ1n) is 12.9. The van der Waals surface area contributed by atoms with Crippen LogP contribution in [-0.4, -0.2) is 41.9 Å². The largest absolute Gasteiger partial charge is 0.508 e. The minimum atomic E-state index is -0.313. The number of phenolic OH excluding ortho intramolecular Hbond substituents is 1. The smallest absolute Gasteiger partial charge is 0.293 e. The second-order valence-electron chi connectivity index (χ2n) is 10.3. The van der Waals surface area contributed by atoms with Crippen LogP contribution in [0, 0.1) is 40.4 Å². The molecule has 2 aromatic rings. The molecule has 1 unspecified atom stereocenters. The van der Waals surface area contributed by atoms with E-state index in [1.54, 1.807) is 6.07 Å². The summed E-state index contributed by atoms with van der Waals surface area (Å²) in [5, 5.41) is 9.18. The van der Waals surface area contributed by atoms with Gasteiger partial charge in [-0.05, 0) is 139 Å². The van der Waals surface area contributed by atoms with Gasteiger partial charge in [-0.2, -0.15) is 0 Å². The molecule has 4 nitrogen and oxygen atoms in total. The number of hydrogen-bond donors (Lipinski definition) is 1. The van der Waals surface area contributed by atoms with Crippen molar-refractivity contribution >= 4 is 11.3 Å². The quantitative estimate of drug-likeness (QED) is 0.283. The Morgan fingerprint density at radius 2 is 1.54 bits per heavy atom. The molecule has 1 N–H and O–H groups in total. The van der Waals surface area contributed by atoms with E-state index in [0.29, 0.717) is 35.7 Å². The van der Waals surface area contributed by atoms with Crippen molar-refractivity contribution in [3.05, 3.63) is 69.0 Å². The lowest BCUT2D eigenvalue weighted by atomic mass is 9.91. The Balaban J connectivity index is 2.58. The Morgan fingerprint density at radius 1 is 0.971 bits per heavy atom. The molecule has 5 heteroatoms. The van der Waals surface area contributed by atoms with E-state index in [2.05, 4.69) is 49.8 Å². The van der Waals surface area contributed by atoms with Crippen molar-refractivity contribution in [3.8, 4) is 5.75 Å². The molecule has 2 aromatic carbocycles. The van der Waals surface area contributed by atoms with Crippen molar-refractivity contribution < 1.29 is 14.3 Å². The monoisotopic (exact) mass is 483 g/mol. The molecule has 2 rings (SSSR count). The molecule has 0 aliphatic rings. The summed E-state index contributed by atoms with van der Waals surface area (Å²) in [6.07, 6.45) is 1.89. The Bertz CT molecular complexity index is 1110. The van der Waals surface area contributed by atoms with Crippen molar-refractivity contribution in [2.45, 2.75) is 94.3 Å². The third-order valence-corrected chi connectivity index (χ3v) is 6.80. The van der Waals surface area contributed by atoms with Crippen LogP contribution in [-0.2, 0) is 4.84 Å². The Hall–Kier alpha value is -2.66. The molecule has 0 saturated carbocycles. The topological polar surface area (TPSA) is 45.1 Å². The minimum Gasteiger partial charge on any atom is -0.508 e. The van der Waals surface area contributed by atoms with Gasteiger partial charge in [-0.1, -0.05) is 5.16 Å². The van der Waals surface area contributed by atoms with E-state index >= 15 is 4.39 Å². The van der Waals surface area contributed by atoms with E-state index < -0.39 is 0 Å². The van der Waals surface area contributed by atoms with Gasteiger partial charge >= 0.3 is 0 Å². The van der Waals surface area contributed by atoms with Crippen LogP contribution in [0.2, 0.25) is 0 Å². The van der Waals surface area contributed by atoms with Crippen LogP contribution in [0.1, 0.15) is 80.5 Å². The zero-order valence-electron chi connectivity index (χ0n) is 24.3. The molecule has 0 spiro atoms. The number of allylic oxidation sites excluding steroid dienone is 2. The molecule has 0 amide bonds. The second kappa shape index (κ2) is 11.9. The first-order chi connectivity index (χ1) is 16.8. The number of aryl methyl sites for hydroxylation is 3. The van der Waals surface area contributed by atoms with E-state index in [0.717, 1.165) is 39.0 Å². The van der Waals surface area contributed by atoms with Gasteiger partial charge in [-0.25, -0.2) is 4.39 Å². The summed E-state index contributed by atoms with van der Waals surface area (Å²) >= 11 is 0. The summed E-state index contributed by atoms with van der Waals surface area (Å²) in [5.41, 5.74) is 7.60. The number of oxime groups is 1. The summed E-state index contributed by atoms with van der Waals surface area (Å²) in [6.45, 7) is 23.0. The van der Waals surface area contributed by atoms with Crippen LogP contribution in [0.3, 0.4) is 0 Å². The summed E-state index contributed by atoms with van der Waals surface area (Å²) in [6, 6.07) is 6.11. The molecule has 0 radical (unpaired) electrons. The van der Waals surface area contributed by atoms with Crippen molar-refractivity contribution in [3.63, 3.8) is 0 Å². The normalized spacial score (nSPS) is 14.1. The van der Waals surface area contributed by atoms with Crippen LogP contribution in [0.4, 0.5) is 4.39 Å². The molecule has 0 aromatic heterocycles. The van der Waals surface area contributed by atoms with Gasteiger partial charge in [0.1, 0.15) is 23.9 Å². The molecule has 0 aliphatic heterocycles. The highest BCUT2D eigenvalue weighted by molar-refractivity contribution is 6.13. The second-order valence-corrected chi connectivity index (χ2v) is 10.3. The van der Waals surface area contributed by atoms with Crippen molar-refractivity contribution in [2.24, 2.45) is 5.16 Å². The minimum absolute atomic E-state index is 0.146. The maximum Gasteiger partial charge on any atom is 0.293 e. The zero-order valence-corrected chi connectivity index (χ0v) is 23.3. The summed E-state index contributed by atoms with van der Waals surface area (Å²) in [7, 11) is 0.